The summed E-state index contributed by atoms with van der Waals surface area (Å²) in [6, 6.07) is 9.78. The minimum Gasteiger partial charge on any atom is -0.422 e. The smallest absolute Gasteiger partial charge is 0.336 e. The van der Waals surface area contributed by atoms with E-state index in [9.17, 15) is 4.79 Å². The van der Waals surface area contributed by atoms with Gasteiger partial charge in [0.05, 0.1) is 17.5 Å². The quantitative estimate of drug-likeness (QED) is 0.295. The normalized spacial score (nSPS) is 16.4. The Morgan fingerprint density at radius 3 is 2.94 bits per heavy atom. The average molecular weight is 454 g/mol. The molecule has 4 aromatic rings. The van der Waals surface area contributed by atoms with E-state index in [2.05, 4.69) is 26.9 Å². The number of hydrogen-bond donors (Lipinski definition) is 0. The minimum atomic E-state index is -0.322. The van der Waals surface area contributed by atoms with Crippen molar-refractivity contribution in [1.82, 2.24) is 14.8 Å². The second kappa shape index (κ2) is 8.61. The fourth-order valence-corrected chi connectivity index (χ4v) is 5.58. The Kier molecular flexibility index (Phi) is 5.69. The van der Waals surface area contributed by atoms with Gasteiger partial charge in [0, 0.05) is 23.8 Å². The lowest BCUT2D eigenvalue weighted by Gasteiger charge is -2.14. The highest BCUT2D eigenvalue weighted by atomic mass is 32.2. The molecule has 1 aliphatic heterocycles. The van der Waals surface area contributed by atoms with Gasteiger partial charge >= 0.3 is 5.63 Å². The van der Waals surface area contributed by atoms with Gasteiger partial charge in [-0.15, -0.1) is 21.5 Å². The van der Waals surface area contributed by atoms with E-state index in [1.807, 2.05) is 31.4 Å². The van der Waals surface area contributed by atoms with E-state index in [-0.39, 0.29) is 11.7 Å². The van der Waals surface area contributed by atoms with Crippen LogP contribution in [0.4, 0.5) is 0 Å². The molecule has 5 rings (SSSR count). The number of ether oxygens (including phenoxy) is 1. The molecule has 1 aliphatic rings. The van der Waals surface area contributed by atoms with Gasteiger partial charge in [0.25, 0.3) is 0 Å². The predicted molar refractivity (Wildman–Crippen MR) is 124 cm³/mol. The molecule has 0 saturated carbocycles. The fourth-order valence-electron chi connectivity index (χ4n) is 3.93. The van der Waals surface area contributed by atoms with Gasteiger partial charge in [0.15, 0.2) is 11.0 Å². The number of thiophene rings is 1. The Morgan fingerprint density at radius 2 is 2.16 bits per heavy atom. The molecule has 0 radical (unpaired) electrons. The molecule has 1 fully saturated rings. The third kappa shape index (κ3) is 4.07. The Bertz CT molecular complexity index is 1270. The number of aromatic nitrogens is 3. The van der Waals surface area contributed by atoms with E-state index in [0.717, 1.165) is 63.9 Å². The number of fused-ring (bicyclic) bond motifs is 1. The summed E-state index contributed by atoms with van der Waals surface area (Å²) in [4.78, 5) is 13.3. The van der Waals surface area contributed by atoms with E-state index in [0.29, 0.717) is 11.3 Å². The largest absolute Gasteiger partial charge is 0.422 e. The zero-order valence-corrected chi connectivity index (χ0v) is 19.1. The first-order valence-electron chi connectivity index (χ1n) is 10.3. The van der Waals surface area contributed by atoms with E-state index >= 15 is 0 Å². The molecule has 1 atom stereocenters. The molecular weight excluding hydrogens is 430 g/mol. The highest BCUT2D eigenvalue weighted by Crippen LogP contribution is 2.32. The van der Waals surface area contributed by atoms with Crippen LogP contribution in [0, 0.1) is 13.8 Å². The minimum absolute atomic E-state index is 0.185. The van der Waals surface area contributed by atoms with Gasteiger partial charge in [0.2, 0.25) is 0 Å². The molecule has 4 heterocycles. The first-order chi connectivity index (χ1) is 15.1. The lowest BCUT2D eigenvalue weighted by Crippen LogP contribution is -2.16. The standard InChI is InChI=1S/C23H23N3O3S2/c1-14-7-8-18-16(11-20(27)29-21(18)15(14)2)13-31-23-25-24-22(19-6-4-10-30-19)26(23)12-17-5-3-9-28-17/h4,6-8,10-11,17H,3,5,9,12-13H2,1-2H3. The van der Waals surface area contributed by atoms with Crippen LogP contribution in [0.25, 0.3) is 21.7 Å². The zero-order chi connectivity index (χ0) is 21.4. The van der Waals surface area contributed by atoms with Crippen molar-refractivity contribution >= 4 is 34.1 Å². The number of benzene rings is 1. The molecule has 0 spiro atoms. The summed E-state index contributed by atoms with van der Waals surface area (Å²) in [5, 5.41) is 12.8. The highest BCUT2D eigenvalue weighted by Gasteiger charge is 2.22. The van der Waals surface area contributed by atoms with Gasteiger partial charge in [-0.25, -0.2) is 4.79 Å². The Labute approximate surface area is 188 Å². The van der Waals surface area contributed by atoms with Gasteiger partial charge in [-0.2, -0.15) is 0 Å². The number of rotatable bonds is 6. The monoisotopic (exact) mass is 453 g/mol. The molecule has 8 heteroatoms. The highest BCUT2D eigenvalue weighted by molar-refractivity contribution is 7.98. The van der Waals surface area contributed by atoms with Crippen LogP contribution in [0.2, 0.25) is 0 Å². The molecule has 31 heavy (non-hydrogen) atoms. The molecule has 6 nitrogen and oxygen atoms in total. The topological polar surface area (TPSA) is 70.2 Å². The van der Waals surface area contributed by atoms with Crippen molar-refractivity contribution in [1.29, 1.82) is 0 Å². The van der Waals surface area contributed by atoms with Crippen LogP contribution in [0.1, 0.15) is 29.5 Å². The SMILES string of the molecule is Cc1ccc2c(CSc3nnc(-c4cccs4)n3CC3CCCO3)cc(=O)oc2c1C. The molecule has 1 unspecified atom stereocenters. The van der Waals surface area contributed by atoms with Gasteiger partial charge in [-0.1, -0.05) is 30.0 Å². The first kappa shape index (κ1) is 20.5. The van der Waals surface area contributed by atoms with Crippen LogP contribution >= 0.6 is 23.1 Å². The molecule has 160 valence electrons. The Morgan fingerprint density at radius 1 is 1.26 bits per heavy atom. The predicted octanol–water partition coefficient (Wildman–Crippen LogP) is 5.20. The van der Waals surface area contributed by atoms with E-state index < -0.39 is 0 Å². The van der Waals surface area contributed by atoms with Gasteiger partial charge < -0.3 is 9.15 Å². The van der Waals surface area contributed by atoms with Crippen molar-refractivity contribution in [3.05, 3.63) is 62.8 Å². The van der Waals surface area contributed by atoms with Crippen molar-refractivity contribution < 1.29 is 9.15 Å². The second-order valence-corrected chi connectivity index (χ2v) is 9.68. The van der Waals surface area contributed by atoms with Crippen LogP contribution in [0.15, 0.2) is 50.1 Å². The molecule has 1 saturated heterocycles. The first-order valence-corrected chi connectivity index (χ1v) is 12.2. The maximum absolute atomic E-state index is 12.2. The third-order valence-electron chi connectivity index (χ3n) is 5.74. The summed E-state index contributed by atoms with van der Waals surface area (Å²) in [5.74, 6) is 1.48. The molecule has 0 bridgehead atoms. The summed E-state index contributed by atoms with van der Waals surface area (Å²) in [5.41, 5.74) is 3.41. The lowest BCUT2D eigenvalue weighted by atomic mass is 10.0. The molecule has 3 aromatic heterocycles. The van der Waals surface area contributed by atoms with Crippen molar-refractivity contribution in [2.45, 2.75) is 50.2 Å². The van der Waals surface area contributed by atoms with Crippen molar-refractivity contribution in [3.8, 4) is 10.7 Å². The maximum atomic E-state index is 12.2. The van der Waals surface area contributed by atoms with Crippen LogP contribution in [0.3, 0.4) is 0 Å². The summed E-state index contributed by atoms with van der Waals surface area (Å²) in [7, 11) is 0. The second-order valence-electron chi connectivity index (χ2n) is 7.79. The van der Waals surface area contributed by atoms with Crippen LogP contribution in [-0.2, 0) is 17.0 Å². The summed E-state index contributed by atoms with van der Waals surface area (Å²) < 4.78 is 13.6. The van der Waals surface area contributed by atoms with Crippen LogP contribution in [-0.4, -0.2) is 27.5 Å². The number of hydrogen-bond acceptors (Lipinski definition) is 7. The molecule has 0 aliphatic carbocycles. The van der Waals surface area contributed by atoms with Crippen LogP contribution < -0.4 is 5.63 Å². The fraction of sp³-hybridized carbons (Fsp3) is 0.348. The third-order valence-corrected chi connectivity index (χ3v) is 7.62. The van der Waals surface area contributed by atoms with Gasteiger partial charge in [-0.3, -0.25) is 4.57 Å². The van der Waals surface area contributed by atoms with E-state index in [4.69, 9.17) is 9.15 Å². The number of aryl methyl sites for hydroxylation is 2. The van der Waals surface area contributed by atoms with Crippen molar-refractivity contribution in [2.24, 2.45) is 0 Å². The van der Waals surface area contributed by atoms with Gasteiger partial charge in [0.1, 0.15) is 5.58 Å². The van der Waals surface area contributed by atoms with Crippen molar-refractivity contribution in [2.75, 3.05) is 6.61 Å². The maximum Gasteiger partial charge on any atom is 0.336 e. The summed E-state index contributed by atoms with van der Waals surface area (Å²) in [6.45, 7) is 5.56. The Hall–Kier alpha value is -2.42. The lowest BCUT2D eigenvalue weighted by molar-refractivity contribution is 0.0953. The van der Waals surface area contributed by atoms with Crippen LogP contribution in [0.5, 0.6) is 0 Å². The van der Waals surface area contributed by atoms with Gasteiger partial charge in [-0.05, 0) is 54.8 Å². The van der Waals surface area contributed by atoms with E-state index in [1.54, 1.807) is 29.2 Å². The number of nitrogens with zero attached hydrogens (tertiary/aromatic N) is 3. The van der Waals surface area contributed by atoms with E-state index in [1.165, 1.54) is 0 Å². The molecular formula is C23H23N3O3S2. The molecule has 1 aromatic carbocycles. The average Bonchev–Trinajstić information content (AvgIpc) is 3.52. The molecule has 0 amide bonds. The number of thioether (sulfide) groups is 1. The van der Waals surface area contributed by atoms with Crippen molar-refractivity contribution in [3.63, 3.8) is 0 Å². The zero-order valence-electron chi connectivity index (χ0n) is 17.5. The summed E-state index contributed by atoms with van der Waals surface area (Å²) in [6.07, 6.45) is 2.33. The summed E-state index contributed by atoms with van der Waals surface area (Å²) >= 11 is 3.25. The molecule has 0 N–H and O–H groups in total. The Balaban J connectivity index is 1.48.